The maximum Gasteiger partial charge on any atom is 0.323 e. The highest BCUT2D eigenvalue weighted by Gasteiger charge is 2.28. The molecule has 1 aliphatic rings. The number of carboxylic acids is 1. The first-order chi connectivity index (χ1) is 5.61. The van der Waals surface area contributed by atoms with E-state index < -0.39 is 18.1 Å². The van der Waals surface area contributed by atoms with E-state index in [9.17, 15) is 9.59 Å². The number of cyclic esters (lactones) is 1. The maximum absolute atomic E-state index is 10.9. The highest BCUT2D eigenvalue weighted by Crippen LogP contribution is 2.06. The summed E-state index contributed by atoms with van der Waals surface area (Å²) >= 11 is 0. The van der Waals surface area contributed by atoms with Gasteiger partial charge in [-0.1, -0.05) is 0 Å². The Morgan fingerprint density at radius 3 is 2.92 bits per heavy atom. The molecule has 1 aliphatic heterocycles. The van der Waals surface area contributed by atoms with Crippen molar-refractivity contribution in [3.05, 3.63) is 0 Å². The van der Waals surface area contributed by atoms with Gasteiger partial charge in [0.25, 0.3) is 0 Å². The quantitative estimate of drug-likeness (QED) is 0.555. The molecule has 5 heteroatoms. The molecule has 0 amide bonds. The molecular weight excluding hydrogens is 162 g/mol. The summed E-state index contributed by atoms with van der Waals surface area (Å²) in [6, 6.07) is -1.16. The van der Waals surface area contributed by atoms with E-state index in [1.165, 1.54) is 6.92 Å². The molecular formula is C7H11NO4. The second kappa shape index (κ2) is 3.53. The van der Waals surface area contributed by atoms with Gasteiger partial charge < -0.3 is 9.84 Å². The zero-order valence-corrected chi connectivity index (χ0v) is 6.74. The predicted octanol–water partition coefficient (Wildman–Crippen LogP) is -0.635. The first-order valence-corrected chi connectivity index (χ1v) is 3.76. The summed E-state index contributed by atoms with van der Waals surface area (Å²) in [6.45, 7) is 1.87. The molecule has 1 fully saturated rings. The molecule has 0 radical (unpaired) electrons. The Balaban J connectivity index is 2.40. The Morgan fingerprint density at radius 2 is 2.50 bits per heavy atom. The van der Waals surface area contributed by atoms with Gasteiger partial charge in [0, 0.05) is 6.42 Å². The fraction of sp³-hybridized carbons (Fsp3) is 0.714. The second-order valence-corrected chi connectivity index (χ2v) is 2.74. The van der Waals surface area contributed by atoms with Crippen LogP contribution in [0.4, 0.5) is 0 Å². The van der Waals surface area contributed by atoms with E-state index in [1.807, 2.05) is 0 Å². The van der Waals surface area contributed by atoms with E-state index in [2.05, 4.69) is 10.1 Å². The normalized spacial score (nSPS) is 25.1. The van der Waals surface area contributed by atoms with Crippen molar-refractivity contribution in [1.82, 2.24) is 5.32 Å². The van der Waals surface area contributed by atoms with Gasteiger partial charge in [-0.3, -0.25) is 14.9 Å². The van der Waals surface area contributed by atoms with Gasteiger partial charge in [0.05, 0.1) is 6.61 Å². The summed E-state index contributed by atoms with van der Waals surface area (Å²) in [6.07, 6.45) is 0.552. The highest BCUT2D eigenvalue weighted by atomic mass is 16.5. The van der Waals surface area contributed by atoms with Crippen LogP contribution in [0.3, 0.4) is 0 Å². The van der Waals surface area contributed by atoms with Gasteiger partial charge in [-0.05, 0) is 6.92 Å². The molecule has 2 N–H and O–H groups in total. The van der Waals surface area contributed by atoms with E-state index in [0.717, 1.165) is 0 Å². The molecule has 1 saturated heterocycles. The number of hydrogen-bond acceptors (Lipinski definition) is 4. The van der Waals surface area contributed by atoms with Crippen LogP contribution in [0.5, 0.6) is 0 Å². The number of carbonyl (C=O) groups excluding carboxylic acids is 1. The van der Waals surface area contributed by atoms with E-state index in [4.69, 9.17) is 5.11 Å². The molecule has 5 nitrogen and oxygen atoms in total. The molecule has 1 heterocycles. The van der Waals surface area contributed by atoms with Gasteiger partial charge >= 0.3 is 11.9 Å². The Labute approximate surface area is 69.7 Å². The predicted molar refractivity (Wildman–Crippen MR) is 39.6 cm³/mol. The average molecular weight is 173 g/mol. The summed E-state index contributed by atoms with van der Waals surface area (Å²) in [5.41, 5.74) is 0. The van der Waals surface area contributed by atoms with Crippen molar-refractivity contribution in [2.45, 2.75) is 25.4 Å². The standard InChI is InChI=1S/C7H11NO4/c1-4(6(9)10)8-5-2-3-12-7(5)11/h4-5,8H,2-3H2,1H3,(H,9,10). The molecule has 68 valence electrons. The molecule has 0 saturated carbocycles. The molecule has 0 aromatic heterocycles. The summed E-state index contributed by atoms with van der Waals surface area (Å²) in [4.78, 5) is 21.2. The summed E-state index contributed by atoms with van der Waals surface area (Å²) < 4.78 is 4.65. The minimum atomic E-state index is -0.963. The Morgan fingerprint density at radius 1 is 1.83 bits per heavy atom. The van der Waals surface area contributed by atoms with Crippen molar-refractivity contribution in [2.75, 3.05) is 6.61 Å². The molecule has 12 heavy (non-hydrogen) atoms. The van der Waals surface area contributed by atoms with E-state index in [1.54, 1.807) is 0 Å². The lowest BCUT2D eigenvalue weighted by atomic mass is 10.2. The molecule has 0 spiro atoms. The Bertz CT molecular complexity index is 204. The molecule has 0 bridgehead atoms. The first-order valence-electron chi connectivity index (χ1n) is 3.76. The van der Waals surface area contributed by atoms with Gasteiger partial charge in [-0.25, -0.2) is 0 Å². The van der Waals surface area contributed by atoms with Crippen LogP contribution in [0.2, 0.25) is 0 Å². The van der Waals surface area contributed by atoms with Crippen molar-refractivity contribution in [3.63, 3.8) is 0 Å². The monoisotopic (exact) mass is 173 g/mol. The zero-order chi connectivity index (χ0) is 9.14. The number of aliphatic carboxylic acids is 1. The lowest BCUT2D eigenvalue weighted by Gasteiger charge is -2.11. The number of carboxylic acid groups (broad SMARTS) is 1. The summed E-state index contributed by atoms with van der Waals surface area (Å²) in [5, 5.41) is 11.2. The molecule has 0 aromatic carbocycles. The van der Waals surface area contributed by atoms with Crippen molar-refractivity contribution < 1.29 is 19.4 Å². The van der Waals surface area contributed by atoms with Gasteiger partial charge in [0.2, 0.25) is 0 Å². The number of ether oxygens (including phenoxy) is 1. The van der Waals surface area contributed by atoms with Crippen molar-refractivity contribution in [1.29, 1.82) is 0 Å². The average Bonchev–Trinajstić information content (AvgIpc) is 2.36. The smallest absolute Gasteiger partial charge is 0.323 e. The van der Waals surface area contributed by atoms with Crippen molar-refractivity contribution in [2.24, 2.45) is 0 Å². The third kappa shape index (κ3) is 1.94. The summed E-state index contributed by atoms with van der Waals surface area (Å²) in [5.74, 6) is -1.32. The van der Waals surface area contributed by atoms with Crippen LogP contribution in [0.1, 0.15) is 13.3 Å². The van der Waals surface area contributed by atoms with Gasteiger partial charge in [0.15, 0.2) is 0 Å². The molecule has 0 aromatic rings. The van der Waals surface area contributed by atoms with Crippen LogP contribution in [0, 0.1) is 0 Å². The minimum Gasteiger partial charge on any atom is -0.480 e. The fourth-order valence-electron chi connectivity index (χ4n) is 1.02. The van der Waals surface area contributed by atoms with Crippen LogP contribution < -0.4 is 5.32 Å². The highest BCUT2D eigenvalue weighted by molar-refractivity contribution is 5.79. The minimum absolute atomic E-state index is 0.358. The Hall–Kier alpha value is -1.10. The van der Waals surface area contributed by atoms with E-state index >= 15 is 0 Å². The van der Waals surface area contributed by atoms with Crippen LogP contribution in [0.15, 0.2) is 0 Å². The van der Waals surface area contributed by atoms with Crippen molar-refractivity contribution >= 4 is 11.9 Å². The van der Waals surface area contributed by atoms with Gasteiger partial charge in [-0.2, -0.15) is 0 Å². The third-order valence-corrected chi connectivity index (χ3v) is 1.76. The maximum atomic E-state index is 10.9. The van der Waals surface area contributed by atoms with Crippen molar-refractivity contribution in [3.8, 4) is 0 Å². The number of carbonyl (C=O) groups is 2. The number of hydrogen-bond donors (Lipinski definition) is 2. The zero-order valence-electron chi connectivity index (χ0n) is 6.74. The largest absolute Gasteiger partial charge is 0.480 e. The lowest BCUT2D eigenvalue weighted by Crippen LogP contribution is -2.43. The molecule has 2 unspecified atom stereocenters. The number of esters is 1. The fourth-order valence-corrected chi connectivity index (χ4v) is 1.02. The van der Waals surface area contributed by atoms with Crippen LogP contribution in [0.25, 0.3) is 0 Å². The van der Waals surface area contributed by atoms with E-state index in [-0.39, 0.29) is 5.97 Å². The van der Waals surface area contributed by atoms with Gasteiger partial charge in [-0.15, -0.1) is 0 Å². The number of nitrogens with one attached hydrogen (secondary N) is 1. The molecule has 0 aliphatic carbocycles. The van der Waals surface area contributed by atoms with E-state index in [0.29, 0.717) is 13.0 Å². The summed E-state index contributed by atoms with van der Waals surface area (Å²) in [7, 11) is 0. The van der Waals surface area contributed by atoms with Crippen LogP contribution in [-0.2, 0) is 14.3 Å². The third-order valence-electron chi connectivity index (χ3n) is 1.76. The Kier molecular flexibility index (Phi) is 2.65. The SMILES string of the molecule is CC(NC1CCOC1=O)C(=O)O. The topological polar surface area (TPSA) is 75.6 Å². The lowest BCUT2D eigenvalue weighted by molar-refractivity contribution is -0.141. The second-order valence-electron chi connectivity index (χ2n) is 2.74. The van der Waals surface area contributed by atoms with Crippen LogP contribution in [-0.4, -0.2) is 35.7 Å². The molecule has 2 atom stereocenters. The number of rotatable bonds is 3. The van der Waals surface area contributed by atoms with Gasteiger partial charge in [0.1, 0.15) is 12.1 Å². The molecule has 1 rings (SSSR count). The first kappa shape index (κ1) is 8.99. The van der Waals surface area contributed by atoms with Crippen LogP contribution >= 0.6 is 0 Å².